The summed E-state index contributed by atoms with van der Waals surface area (Å²) < 4.78 is 71.6. The van der Waals surface area contributed by atoms with Gasteiger partial charge in [-0.1, -0.05) is 87.4 Å². The van der Waals surface area contributed by atoms with Crippen LogP contribution in [0.3, 0.4) is 0 Å². The summed E-state index contributed by atoms with van der Waals surface area (Å²) in [5, 5.41) is 38.6. The van der Waals surface area contributed by atoms with Gasteiger partial charge >= 0.3 is 0 Å². The lowest BCUT2D eigenvalue weighted by Crippen LogP contribution is -2.46. The number of benzene rings is 5. The van der Waals surface area contributed by atoms with Crippen molar-refractivity contribution in [2.45, 2.75) is 229 Å². The molecule has 5 aromatic rings. The van der Waals surface area contributed by atoms with Crippen LogP contribution >= 0.6 is 0 Å². The number of fused-ring (bicyclic) bond motifs is 9. The van der Waals surface area contributed by atoms with Gasteiger partial charge in [0.25, 0.3) is 59.1 Å². The molecule has 30 heteroatoms. The van der Waals surface area contributed by atoms with Crippen molar-refractivity contribution in [2.75, 3.05) is 25.2 Å². The van der Waals surface area contributed by atoms with Crippen molar-refractivity contribution in [3.63, 3.8) is 0 Å². The second-order valence-electron chi connectivity index (χ2n) is 34.0. The van der Waals surface area contributed by atoms with Crippen molar-refractivity contribution < 1.29 is 115 Å². The number of imide groups is 5. The summed E-state index contributed by atoms with van der Waals surface area (Å²) in [6, 6.07) is 31.8. The van der Waals surface area contributed by atoms with Gasteiger partial charge in [0, 0.05) is 37.2 Å². The van der Waals surface area contributed by atoms with Gasteiger partial charge in [-0.25, -0.2) is 8.42 Å². The number of sulfone groups is 1. The van der Waals surface area contributed by atoms with E-state index in [1.807, 2.05) is 27.7 Å². The molecular formula is C85H97N5O24S. The molecule has 14 aliphatic rings. The van der Waals surface area contributed by atoms with E-state index in [4.69, 9.17) is 43.0 Å². The number of ether oxygens (including phenoxy) is 8. The quantitative estimate of drug-likeness (QED) is 0.0966. The average molecular weight is 1600 g/mol. The molecule has 4 N–H and O–H groups in total. The van der Waals surface area contributed by atoms with E-state index in [2.05, 4.69) is 13.8 Å². The Bertz CT molecular complexity index is 4460. The number of rotatable bonds is 11. The highest BCUT2D eigenvalue weighted by Gasteiger charge is 2.63. The molecule has 10 amide bonds. The van der Waals surface area contributed by atoms with Crippen LogP contribution in [0.2, 0.25) is 0 Å². The fraction of sp³-hybridized carbons (Fsp3) is 0.529. The summed E-state index contributed by atoms with van der Waals surface area (Å²) in [5.41, 5.74) is 4.20. The maximum Gasteiger partial charge on any atom is 0.261 e. The van der Waals surface area contributed by atoms with Gasteiger partial charge in [-0.2, -0.15) is 0 Å². The molecule has 115 heavy (non-hydrogen) atoms. The minimum atomic E-state index is -3.24. The van der Waals surface area contributed by atoms with Gasteiger partial charge in [-0.05, 0) is 160 Å². The maximum atomic E-state index is 12.8. The largest absolute Gasteiger partial charge is 0.396 e. The first-order valence-corrected chi connectivity index (χ1v) is 41.5. The number of hydrogen-bond donors (Lipinski definition) is 4. The van der Waals surface area contributed by atoms with Crippen LogP contribution in [0.25, 0.3) is 0 Å². The number of hydrogen-bond acceptors (Lipinski definition) is 24. The topological polar surface area (TPSA) is 376 Å². The second-order valence-corrected chi connectivity index (χ2v) is 36.1. The number of aliphatic hydroxyl groups is 4. The lowest BCUT2D eigenvalue weighted by Gasteiger charge is -2.28. The molecule has 9 aliphatic heterocycles. The lowest BCUT2D eigenvalue weighted by atomic mass is 10.0. The van der Waals surface area contributed by atoms with E-state index >= 15 is 0 Å². The van der Waals surface area contributed by atoms with Gasteiger partial charge in [-0.3, -0.25) is 72.4 Å². The first-order valence-electron chi connectivity index (χ1n) is 39.4. The van der Waals surface area contributed by atoms with E-state index in [1.54, 1.807) is 149 Å². The van der Waals surface area contributed by atoms with Crippen LogP contribution in [-0.4, -0.2) is 252 Å². The summed E-state index contributed by atoms with van der Waals surface area (Å²) in [5.74, 6) is -6.50. The van der Waals surface area contributed by atoms with Gasteiger partial charge in [0.1, 0.15) is 40.4 Å². The lowest BCUT2D eigenvalue weighted by molar-refractivity contribution is -0.162. The van der Waals surface area contributed by atoms with E-state index < -0.39 is 99.4 Å². The van der Waals surface area contributed by atoms with Crippen LogP contribution < -0.4 is 0 Å². The van der Waals surface area contributed by atoms with Crippen molar-refractivity contribution in [2.24, 2.45) is 29.6 Å². The summed E-state index contributed by atoms with van der Waals surface area (Å²) in [6.45, 7) is 18.5. The Morgan fingerprint density at radius 3 is 0.713 bits per heavy atom. The smallest absolute Gasteiger partial charge is 0.261 e. The zero-order valence-corrected chi connectivity index (χ0v) is 66.6. The average Bonchev–Trinajstić information content (AvgIpc) is 1.59. The van der Waals surface area contributed by atoms with Crippen molar-refractivity contribution in [3.05, 3.63) is 177 Å². The molecule has 5 saturated carbocycles. The summed E-state index contributed by atoms with van der Waals surface area (Å²) in [7, 11) is -3.24. The van der Waals surface area contributed by atoms with Crippen LogP contribution in [0.1, 0.15) is 218 Å². The zero-order chi connectivity index (χ0) is 82.4. The van der Waals surface area contributed by atoms with E-state index in [-0.39, 0.29) is 127 Å². The Hall–Kier alpha value is -8.73. The molecule has 0 radical (unpaired) electrons. The molecule has 612 valence electrons. The molecule has 9 fully saturated rings. The highest BCUT2D eigenvalue weighted by molar-refractivity contribution is 7.90. The third kappa shape index (κ3) is 14.4. The molecule has 20 atom stereocenters. The third-order valence-corrected chi connectivity index (χ3v) is 25.8. The fourth-order valence-corrected chi connectivity index (χ4v) is 21.0. The molecule has 4 saturated heterocycles. The molecule has 0 aromatic heterocycles. The first-order chi connectivity index (χ1) is 54.4. The van der Waals surface area contributed by atoms with Gasteiger partial charge in [-0.15, -0.1) is 0 Å². The first kappa shape index (κ1) is 81.4. The van der Waals surface area contributed by atoms with Gasteiger partial charge in [0.2, 0.25) is 0 Å². The molecule has 5 aliphatic carbocycles. The highest BCUT2D eigenvalue weighted by Crippen LogP contribution is 2.51. The van der Waals surface area contributed by atoms with Crippen LogP contribution in [0.5, 0.6) is 0 Å². The molecule has 5 aromatic carbocycles. The van der Waals surface area contributed by atoms with Gasteiger partial charge in [0.15, 0.2) is 23.1 Å². The van der Waals surface area contributed by atoms with Crippen molar-refractivity contribution in [3.8, 4) is 0 Å². The molecule has 0 spiro atoms. The normalized spacial score (nSPS) is 34.0. The minimum absolute atomic E-state index is 0.0516. The second kappa shape index (κ2) is 30.3. The van der Waals surface area contributed by atoms with E-state index in [1.165, 1.54) is 25.9 Å². The molecule has 19 rings (SSSR count). The standard InChI is InChI=1S/C18H21NO6S.2C18H21NO4.C17H19NO5.C14H15NO5/c1-18(2)24-14-10(9-26(3,22)23)8-13(15(14)25-18)19-16(20)11-6-4-5-7-12(11)17(19)21;2*1-4-10-9-13(15-14(10)22-18(2,3)23-15)19-16(20)11-7-5-6-8-12(11)17(19)21;1-17(2)22-13-9(8-19)7-12(14(13)23-17)18-15(20)10-5-3-4-6-11(10)16(18)21;16-6-7-5-10(12(18)11(7)17)15-13(19)8-3-1-2-4-9(8)14(15)20/h4-7,10,13-15H,8-9H2,1-3H3;2*5-8,10,13-15H,4,9H2,1-3H3;3-6,9,12-14,19H,7-8H2,1-2H3;1-4,7,10-12,16-18H,5-6H2/t10-,13-,14-,15+;2*10-,13+,14+,15-;9-,12-,13-,14+;7-,10-,11-,12+/m10011/s1. The van der Waals surface area contributed by atoms with Crippen LogP contribution in [0.4, 0.5) is 0 Å². The Balaban J connectivity index is 0.000000113. The van der Waals surface area contributed by atoms with Crippen LogP contribution in [-0.2, 0) is 47.7 Å². The van der Waals surface area contributed by atoms with Crippen LogP contribution in [0.15, 0.2) is 121 Å². The van der Waals surface area contributed by atoms with Crippen molar-refractivity contribution in [1.82, 2.24) is 24.5 Å². The Morgan fingerprint density at radius 1 is 0.304 bits per heavy atom. The number of amides is 10. The minimum Gasteiger partial charge on any atom is -0.396 e. The highest BCUT2D eigenvalue weighted by atomic mass is 32.2. The molecule has 9 heterocycles. The fourth-order valence-electron chi connectivity index (χ4n) is 19.9. The molecule has 0 bridgehead atoms. The molecule has 29 nitrogen and oxygen atoms in total. The number of nitrogens with zero attached hydrogens (tertiary/aromatic N) is 5. The van der Waals surface area contributed by atoms with Gasteiger partial charge in [0.05, 0.1) is 122 Å². The van der Waals surface area contributed by atoms with Gasteiger partial charge < -0.3 is 58.3 Å². The third-order valence-electron chi connectivity index (χ3n) is 24.8. The molecule has 0 unspecified atom stereocenters. The number of aliphatic hydroxyl groups excluding tert-OH is 4. The number of carbonyl (C=O) groups is 10. The van der Waals surface area contributed by atoms with E-state index in [0.29, 0.717) is 80.3 Å². The Kier molecular flexibility index (Phi) is 21.5. The van der Waals surface area contributed by atoms with E-state index in [0.717, 1.165) is 30.6 Å². The summed E-state index contributed by atoms with van der Waals surface area (Å²) in [6.07, 6.45) is 0.967. The Morgan fingerprint density at radius 2 is 0.496 bits per heavy atom. The predicted octanol–water partition coefficient (Wildman–Crippen LogP) is 7.01. The van der Waals surface area contributed by atoms with Crippen LogP contribution in [0, 0.1) is 29.6 Å². The maximum absolute atomic E-state index is 12.8. The summed E-state index contributed by atoms with van der Waals surface area (Å²) >= 11 is 0. The van der Waals surface area contributed by atoms with Crippen molar-refractivity contribution >= 4 is 68.9 Å². The predicted molar refractivity (Wildman–Crippen MR) is 406 cm³/mol. The summed E-state index contributed by atoms with van der Waals surface area (Å²) in [4.78, 5) is 133. The van der Waals surface area contributed by atoms with Crippen molar-refractivity contribution in [1.29, 1.82) is 0 Å². The Labute approximate surface area is 665 Å². The zero-order valence-electron chi connectivity index (χ0n) is 65.8. The SMILES string of the molecule is CC1(C)O[C@@H]2[C@@H](CO)C[C@@H](N3C(=O)c4ccccc4C3=O)[C@@H]2O1.CC1(C)O[C@@H]2[C@@H](CS(C)(=O)=O)C[C@@H](N3C(=O)c4ccccc4C3=O)[C@@H]2O1.CC[C@H]1C[C@@H](N2C(=O)c3ccccc3C2=O)[C@@H]2OC(C)(C)O[C@H]12.CC[C@H]1C[C@@H](N2C(=O)c3ccccc3C2=O)[C@@H]2OC(C)(C)O[C@H]12.O=C1c2ccccc2C(=O)N1[C@@H]1C[C@H](CO)[C@@H](O)[C@H]1O. The number of carbonyl (C=O) groups excluding carboxylic acids is 10. The molecular weight excluding hydrogens is 1510 g/mol. The van der Waals surface area contributed by atoms with E-state index in [9.17, 15) is 71.7 Å². The monoisotopic (exact) mass is 1600 g/mol.